The van der Waals surface area contributed by atoms with E-state index in [1.807, 2.05) is 0 Å². The third kappa shape index (κ3) is 2.06. The summed E-state index contributed by atoms with van der Waals surface area (Å²) < 4.78 is 41.5. The molecule has 2 rings (SSSR count). The molecule has 94 valence electrons. The molecular formula is C14H12F3N. The summed E-state index contributed by atoms with van der Waals surface area (Å²) in [7, 11) is 2.92. The molecule has 0 fully saturated rings. The van der Waals surface area contributed by atoms with Gasteiger partial charge in [-0.05, 0) is 11.6 Å². The van der Waals surface area contributed by atoms with Gasteiger partial charge in [-0.15, -0.1) is 0 Å². The highest BCUT2D eigenvalue weighted by atomic mass is 19.2. The Kier molecular flexibility index (Phi) is 3.28. The monoisotopic (exact) mass is 251 g/mol. The summed E-state index contributed by atoms with van der Waals surface area (Å²) in [6.07, 6.45) is 0. The molecule has 4 heteroatoms. The average molecular weight is 251 g/mol. The van der Waals surface area contributed by atoms with Crippen LogP contribution in [0, 0.1) is 17.5 Å². The molecule has 0 heterocycles. The maximum absolute atomic E-state index is 13.9. The van der Waals surface area contributed by atoms with Crippen molar-refractivity contribution in [1.82, 2.24) is 0 Å². The Hall–Kier alpha value is -1.97. The molecule has 0 atom stereocenters. The fraction of sp³-hybridized carbons (Fsp3) is 0.143. The number of anilines is 1. The van der Waals surface area contributed by atoms with Crippen molar-refractivity contribution in [2.24, 2.45) is 0 Å². The van der Waals surface area contributed by atoms with E-state index in [4.69, 9.17) is 0 Å². The Morgan fingerprint density at radius 1 is 0.889 bits per heavy atom. The predicted octanol–water partition coefficient (Wildman–Crippen LogP) is 3.84. The van der Waals surface area contributed by atoms with Gasteiger partial charge in [0.05, 0.1) is 0 Å². The van der Waals surface area contributed by atoms with Gasteiger partial charge in [0.1, 0.15) is 11.5 Å². The SMILES string of the molecule is CN(C)c1c(F)cc(-c2ccccc2)c(F)c1F. The van der Waals surface area contributed by atoms with E-state index in [0.29, 0.717) is 5.56 Å². The molecule has 0 aliphatic carbocycles. The molecule has 0 spiro atoms. The van der Waals surface area contributed by atoms with Crippen molar-refractivity contribution >= 4 is 5.69 Å². The van der Waals surface area contributed by atoms with Crippen LogP contribution in [0.1, 0.15) is 0 Å². The summed E-state index contributed by atoms with van der Waals surface area (Å²) in [5.74, 6) is -2.98. The van der Waals surface area contributed by atoms with Crippen LogP contribution in [-0.4, -0.2) is 14.1 Å². The first-order valence-corrected chi connectivity index (χ1v) is 5.42. The van der Waals surface area contributed by atoms with Crippen LogP contribution < -0.4 is 4.90 Å². The molecule has 0 radical (unpaired) electrons. The summed E-state index contributed by atoms with van der Waals surface area (Å²) in [6, 6.07) is 9.35. The first kappa shape index (κ1) is 12.5. The van der Waals surface area contributed by atoms with Crippen LogP contribution in [-0.2, 0) is 0 Å². The van der Waals surface area contributed by atoms with E-state index < -0.39 is 17.5 Å². The molecule has 2 aromatic carbocycles. The van der Waals surface area contributed by atoms with Crippen molar-refractivity contribution < 1.29 is 13.2 Å². The largest absolute Gasteiger partial charge is 0.373 e. The summed E-state index contributed by atoms with van der Waals surface area (Å²) >= 11 is 0. The molecule has 0 amide bonds. The second kappa shape index (κ2) is 4.72. The van der Waals surface area contributed by atoms with Crippen molar-refractivity contribution in [2.75, 3.05) is 19.0 Å². The minimum absolute atomic E-state index is 0.0730. The van der Waals surface area contributed by atoms with Gasteiger partial charge in [0.15, 0.2) is 11.6 Å². The molecule has 0 bridgehead atoms. The van der Waals surface area contributed by atoms with E-state index in [2.05, 4.69) is 0 Å². The summed E-state index contributed by atoms with van der Waals surface area (Å²) in [6.45, 7) is 0. The van der Waals surface area contributed by atoms with E-state index in [1.165, 1.54) is 19.0 Å². The van der Waals surface area contributed by atoms with Gasteiger partial charge < -0.3 is 4.90 Å². The zero-order valence-electron chi connectivity index (χ0n) is 10.0. The van der Waals surface area contributed by atoms with E-state index in [1.54, 1.807) is 30.3 Å². The van der Waals surface area contributed by atoms with Gasteiger partial charge in [-0.3, -0.25) is 0 Å². The molecule has 0 aliphatic rings. The minimum Gasteiger partial charge on any atom is -0.373 e. The minimum atomic E-state index is -1.17. The van der Waals surface area contributed by atoms with Crippen molar-refractivity contribution in [1.29, 1.82) is 0 Å². The Bertz CT molecular complexity index is 565. The summed E-state index contributed by atoms with van der Waals surface area (Å²) in [5.41, 5.74) is 0.00138. The van der Waals surface area contributed by atoms with Crippen LogP contribution in [0.2, 0.25) is 0 Å². The smallest absolute Gasteiger partial charge is 0.185 e. The molecule has 0 unspecified atom stereocenters. The number of rotatable bonds is 2. The fourth-order valence-corrected chi connectivity index (χ4v) is 1.82. The molecular weight excluding hydrogens is 239 g/mol. The Labute approximate surface area is 103 Å². The second-order valence-corrected chi connectivity index (χ2v) is 4.14. The lowest BCUT2D eigenvalue weighted by Crippen LogP contribution is -2.14. The average Bonchev–Trinajstić information content (AvgIpc) is 2.34. The summed E-state index contributed by atoms with van der Waals surface area (Å²) in [5, 5.41) is 0. The first-order chi connectivity index (χ1) is 8.52. The molecule has 0 aromatic heterocycles. The predicted molar refractivity (Wildman–Crippen MR) is 66.1 cm³/mol. The highest BCUT2D eigenvalue weighted by molar-refractivity contribution is 5.68. The maximum Gasteiger partial charge on any atom is 0.185 e. The van der Waals surface area contributed by atoms with Gasteiger partial charge in [0, 0.05) is 19.7 Å². The molecule has 2 aromatic rings. The lowest BCUT2D eigenvalue weighted by Gasteiger charge is -2.16. The number of nitrogens with zero attached hydrogens (tertiary/aromatic N) is 1. The number of hydrogen-bond acceptors (Lipinski definition) is 1. The lowest BCUT2D eigenvalue weighted by molar-refractivity contribution is 0.498. The topological polar surface area (TPSA) is 3.24 Å². The number of benzene rings is 2. The van der Waals surface area contributed by atoms with Crippen molar-refractivity contribution in [3.8, 4) is 11.1 Å². The lowest BCUT2D eigenvalue weighted by atomic mass is 10.0. The van der Waals surface area contributed by atoms with E-state index in [0.717, 1.165) is 6.07 Å². The molecule has 18 heavy (non-hydrogen) atoms. The van der Waals surface area contributed by atoms with Gasteiger partial charge in [0.25, 0.3) is 0 Å². The molecule has 0 aliphatic heterocycles. The van der Waals surface area contributed by atoms with Crippen LogP contribution >= 0.6 is 0 Å². The molecule has 0 saturated carbocycles. The van der Waals surface area contributed by atoms with Crippen molar-refractivity contribution in [2.45, 2.75) is 0 Å². The fourth-order valence-electron chi connectivity index (χ4n) is 1.82. The van der Waals surface area contributed by atoms with E-state index >= 15 is 0 Å². The highest BCUT2D eigenvalue weighted by Crippen LogP contribution is 2.32. The normalized spacial score (nSPS) is 10.5. The van der Waals surface area contributed by atoms with Gasteiger partial charge in [-0.2, -0.15) is 0 Å². The molecule has 1 nitrogen and oxygen atoms in total. The quantitative estimate of drug-likeness (QED) is 0.733. The number of halogens is 3. The molecule has 0 saturated heterocycles. The van der Waals surface area contributed by atoms with Crippen LogP contribution in [0.4, 0.5) is 18.9 Å². The van der Waals surface area contributed by atoms with Crippen molar-refractivity contribution in [3.05, 3.63) is 53.8 Å². The third-order valence-electron chi connectivity index (χ3n) is 2.67. The number of hydrogen-bond donors (Lipinski definition) is 0. The Morgan fingerprint density at radius 2 is 1.50 bits per heavy atom. The van der Waals surface area contributed by atoms with Crippen LogP contribution in [0.25, 0.3) is 11.1 Å². The van der Waals surface area contributed by atoms with E-state index in [-0.39, 0.29) is 11.3 Å². The van der Waals surface area contributed by atoms with E-state index in [9.17, 15) is 13.2 Å². The van der Waals surface area contributed by atoms with Gasteiger partial charge in [0.2, 0.25) is 0 Å². The van der Waals surface area contributed by atoms with Gasteiger partial charge in [-0.1, -0.05) is 30.3 Å². The Morgan fingerprint density at radius 3 is 2.06 bits per heavy atom. The first-order valence-electron chi connectivity index (χ1n) is 5.42. The standard InChI is InChI=1S/C14H12F3N/c1-18(2)14-11(15)8-10(12(16)13(14)17)9-6-4-3-5-7-9/h3-8H,1-2H3. The highest BCUT2D eigenvalue weighted by Gasteiger charge is 2.20. The molecule has 0 N–H and O–H groups in total. The zero-order valence-corrected chi connectivity index (χ0v) is 10.0. The Balaban J connectivity index is 2.66. The van der Waals surface area contributed by atoms with Crippen LogP contribution in [0.3, 0.4) is 0 Å². The van der Waals surface area contributed by atoms with Crippen LogP contribution in [0.15, 0.2) is 36.4 Å². The summed E-state index contributed by atoms with van der Waals surface area (Å²) in [4.78, 5) is 1.21. The van der Waals surface area contributed by atoms with Gasteiger partial charge >= 0.3 is 0 Å². The zero-order chi connectivity index (χ0) is 13.3. The van der Waals surface area contributed by atoms with Crippen molar-refractivity contribution in [3.63, 3.8) is 0 Å². The van der Waals surface area contributed by atoms with Gasteiger partial charge in [-0.25, -0.2) is 13.2 Å². The second-order valence-electron chi connectivity index (χ2n) is 4.14. The van der Waals surface area contributed by atoms with Crippen LogP contribution in [0.5, 0.6) is 0 Å². The maximum atomic E-state index is 13.9. The third-order valence-corrected chi connectivity index (χ3v) is 2.67.